The van der Waals surface area contributed by atoms with Gasteiger partial charge in [0, 0.05) is 24.2 Å². The van der Waals surface area contributed by atoms with Crippen LogP contribution in [0.2, 0.25) is 0 Å². The first-order valence-electron chi connectivity index (χ1n) is 5.91. The Morgan fingerprint density at radius 3 is 2.83 bits per heavy atom. The SMILES string of the molecule is C=CC=Cc1cc(C=O)n(C(CN)CCCl)c1C. The summed E-state index contributed by atoms with van der Waals surface area (Å²) >= 11 is 5.78. The fourth-order valence-corrected chi connectivity index (χ4v) is 2.31. The number of nitrogens with two attached hydrogens (primary N) is 1. The molecule has 0 aromatic carbocycles. The molecule has 4 heteroatoms. The lowest BCUT2D eigenvalue weighted by atomic mass is 10.2. The van der Waals surface area contributed by atoms with E-state index in [9.17, 15) is 4.79 Å². The number of alkyl halides is 1. The van der Waals surface area contributed by atoms with E-state index in [4.69, 9.17) is 17.3 Å². The van der Waals surface area contributed by atoms with Crippen molar-refractivity contribution >= 4 is 24.0 Å². The second-order valence-corrected chi connectivity index (χ2v) is 4.44. The van der Waals surface area contributed by atoms with Crippen LogP contribution in [-0.4, -0.2) is 23.3 Å². The van der Waals surface area contributed by atoms with Gasteiger partial charge in [0.15, 0.2) is 6.29 Å². The first-order valence-corrected chi connectivity index (χ1v) is 6.45. The van der Waals surface area contributed by atoms with Crippen molar-refractivity contribution in [2.24, 2.45) is 5.73 Å². The number of aldehydes is 1. The van der Waals surface area contributed by atoms with Gasteiger partial charge in [-0.25, -0.2) is 0 Å². The molecule has 1 unspecified atom stereocenters. The molecular weight excluding hydrogens is 248 g/mol. The number of carbonyl (C=O) groups is 1. The van der Waals surface area contributed by atoms with E-state index in [-0.39, 0.29) is 6.04 Å². The highest BCUT2D eigenvalue weighted by molar-refractivity contribution is 6.17. The first kappa shape index (κ1) is 14.7. The molecule has 1 aromatic rings. The molecule has 0 aliphatic carbocycles. The Morgan fingerprint density at radius 1 is 1.61 bits per heavy atom. The summed E-state index contributed by atoms with van der Waals surface area (Å²) in [4.78, 5) is 11.2. The molecule has 0 fully saturated rings. The smallest absolute Gasteiger partial charge is 0.166 e. The van der Waals surface area contributed by atoms with Gasteiger partial charge in [0.05, 0.1) is 5.69 Å². The van der Waals surface area contributed by atoms with Gasteiger partial charge in [0.2, 0.25) is 0 Å². The monoisotopic (exact) mass is 266 g/mol. The summed E-state index contributed by atoms with van der Waals surface area (Å²) in [6, 6.07) is 1.92. The van der Waals surface area contributed by atoms with E-state index in [0.717, 1.165) is 24.0 Å². The van der Waals surface area contributed by atoms with Crippen LogP contribution in [0, 0.1) is 6.92 Å². The van der Waals surface area contributed by atoms with Crippen LogP contribution in [0.3, 0.4) is 0 Å². The molecule has 0 aliphatic rings. The summed E-state index contributed by atoms with van der Waals surface area (Å²) in [7, 11) is 0. The molecule has 2 N–H and O–H groups in total. The van der Waals surface area contributed by atoms with E-state index in [1.807, 2.05) is 29.7 Å². The molecule has 0 saturated heterocycles. The molecule has 98 valence electrons. The molecule has 0 radical (unpaired) electrons. The Morgan fingerprint density at radius 2 is 2.33 bits per heavy atom. The van der Waals surface area contributed by atoms with Crippen LogP contribution in [-0.2, 0) is 0 Å². The van der Waals surface area contributed by atoms with Gasteiger partial charge in [-0.3, -0.25) is 4.79 Å². The summed E-state index contributed by atoms with van der Waals surface area (Å²) in [6.07, 6.45) is 7.09. The molecule has 1 atom stereocenters. The lowest BCUT2D eigenvalue weighted by Gasteiger charge is -2.19. The van der Waals surface area contributed by atoms with Gasteiger partial charge >= 0.3 is 0 Å². The van der Waals surface area contributed by atoms with E-state index in [2.05, 4.69) is 6.58 Å². The van der Waals surface area contributed by atoms with Gasteiger partial charge in [-0.05, 0) is 25.0 Å². The quantitative estimate of drug-likeness (QED) is 0.469. The van der Waals surface area contributed by atoms with Crippen molar-refractivity contribution in [1.29, 1.82) is 0 Å². The Hall–Kier alpha value is -1.32. The van der Waals surface area contributed by atoms with E-state index < -0.39 is 0 Å². The average molecular weight is 267 g/mol. The number of rotatable bonds is 7. The molecule has 0 saturated carbocycles. The standard InChI is InChI=1S/C14H19ClN2O/c1-3-4-5-12-8-14(10-18)17(11(12)2)13(9-16)6-7-15/h3-5,8,10,13H,1,6-7,9,16H2,2H3. The van der Waals surface area contributed by atoms with Crippen molar-refractivity contribution < 1.29 is 4.79 Å². The maximum atomic E-state index is 11.2. The van der Waals surface area contributed by atoms with Crippen LogP contribution in [0.5, 0.6) is 0 Å². The second kappa shape index (κ2) is 7.19. The van der Waals surface area contributed by atoms with Gasteiger partial charge < -0.3 is 10.3 Å². The average Bonchev–Trinajstić information content (AvgIpc) is 2.70. The van der Waals surface area contributed by atoms with Gasteiger partial charge in [0.1, 0.15) is 0 Å². The lowest BCUT2D eigenvalue weighted by Crippen LogP contribution is -2.22. The molecule has 0 bridgehead atoms. The highest BCUT2D eigenvalue weighted by Crippen LogP contribution is 2.23. The summed E-state index contributed by atoms with van der Waals surface area (Å²) in [6.45, 7) is 6.08. The number of nitrogens with zero attached hydrogens (tertiary/aromatic N) is 1. The van der Waals surface area contributed by atoms with Gasteiger partial charge in [-0.2, -0.15) is 0 Å². The predicted molar refractivity (Wildman–Crippen MR) is 77.2 cm³/mol. The molecule has 1 rings (SSSR count). The minimum Gasteiger partial charge on any atom is -0.338 e. The summed E-state index contributed by atoms with van der Waals surface area (Å²) in [5.74, 6) is 0.523. The van der Waals surface area contributed by atoms with Crippen LogP contribution in [0.4, 0.5) is 0 Å². The van der Waals surface area contributed by atoms with Crippen molar-refractivity contribution in [2.45, 2.75) is 19.4 Å². The van der Waals surface area contributed by atoms with E-state index in [0.29, 0.717) is 18.1 Å². The van der Waals surface area contributed by atoms with E-state index >= 15 is 0 Å². The highest BCUT2D eigenvalue weighted by atomic mass is 35.5. The van der Waals surface area contributed by atoms with Crippen LogP contribution in [0.15, 0.2) is 24.8 Å². The third kappa shape index (κ3) is 3.12. The maximum Gasteiger partial charge on any atom is 0.166 e. The van der Waals surface area contributed by atoms with Gasteiger partial charge in [-0.15, -0.1) is 11.6 Å². The van der Waals surface area contributed by atoms with Crippen molar-refractivity contribution in [3.63, 3.8) is 0 Å². The first-order chi connectivity index (χ1) is 8.69. The third-order valence-corrected chi connectivity index (χ3v) is 3.19. The molecule has 0 aliphatic heterocycles. The number of carbonyl (C=O) groups excluding carboxylic acids is 1. The highest BCUT2D eigenvalue weighted by Gasteiger charge is 2.16. The van der Waals surface area contributed by atoms with Crippen LogP contribution in [0.25, 0.3) is 6.08 Å². The van der Waals surface area contributed by atoms with Gasteiger partial charge in [-0.1, -0.05) is 24.8 Å². The van der Waals surface area contributed by atoms with Crippen LogP contribution < -0.4 is 5.73 Å². The Labute approximate surface area is 113 Å². The summed E-state index contributed by atoms with van der Waals surface area (Å²) in [5, 5.41) is 0. The number of halogens is 1. The summed E-state index contributed by atoms with van der Waals surface area (Å²) in [5.41, 5.74) is 8.43. The molecular formula is C14H19ClN2O. The van der Waals surface area contributed by atoms with E-state index in [1.165, 1.54) is 0 Å². The van der Waals surface area contributed by atoms with Crippen molar-refractivity contribution in [2.75, 3.05) is 12.4 Å². The molecule has 18 heavy (non-hydrogen) atoms. The Balaban J connectivity index is 3.23. The minimum absolute atomic E-state index is 0.0635. The number of allylic oxidation sites excluding steroid dienone is 2. The zero-order valence-corrected chi connectivity index (χ0v) is 11.4. The second-order valence-electron chi connectivity index (χ2n) is 4.06. The zero-order valence-electron chi connectivity index (χ0n) is 10.6. The van der Waals surface area contributed by atoms with Crippen molar-refractivity contribution in [3.8, 4) is 0 Å². The number of hydrogen-bond acceptors (Lipinski definition) is 2. The maximum absolute atomic E-state index is 11.2. The lowest BCUT2D eigenvalue weighted by molar-refractivity contribution is 0.111. The predicted octanol–water partition coefficient (Wildman–Crippen LogP) is 2.94. The molecule has 1 aromatic heterocycles. The Bertz CT molecular complexity index is 449. The van der Waals surface area contributed by atoms with Crippen LogP contribution in [0.1, 0.15) is 34.2 Å². The largest absolute Gasteiger partial charge is 0.338 e. The molecule has 0 amide bonds. The minimum atomic E-state index is 0.0635. The summed E-state index contributed by atoms with van der Waals surface area (Å²) < 4.78 is 1.97. The molecule has 0 spiro atoms. The topological polar surface area (TPSA) is 48.0 Å². The number of hydrogen-bond donors (Lipinski definition) is 1. The molecule has 1 heterocycles. The van der Waals surface area contributed by atoms with Gasteiger partial charge in [0.25, 0.3) is 0 Å². The fraction of sp³-hybridized carbons (Fsp3) is 0.357. The van der Waals surface area contributed by atoms with Crippen molar-refractivity contribution in [3.05, 3.63) is 41.7 Å². The fourth-order valence-electron chi connectivity index (χ4n) is 2.06. The van der Waals surface area contributed by atoms with Crippen LogP contribution >= 0.6 is 11.6 Å². The third-order valence-electron chi connectivity index (χ3n) is 2.97. The molecule has 3 nitrogen and oxygen atoms in total. The zero-order chi connectivity index (χ0) is 13.5. The number of aromatic nitrogens is 1. The Kier molecular flexibility index (Phi) is 5.89. The normalized spacial score (nSPS) is 12.8. The van der Waals surface area contributed by atoms with E-state index in [1.54, 1.807) is 6.08 Å². The van der Waals surface area contributed by atoms with Crippen molar-refractivity contribution in [1.82, 2.24) is 4.57 Å².